The van der Waals surface area contributed by atoms with Crippen LogP contribution in [0.5, 0.6) is 0 Å². The number of amides is 1. The van der Waals surface area contributed by atoms with E-state index < -0.39 is 11.7 Å². The standard InChI is InChI=1S/C23H23F3N4O2/c24-23(25,26)17-6-4-14(5-7-17)20(31)19-3-1-2-15-12-29(11-9-18(15)19)21(32)16-8-10-30(13-16)22(27)28/h1-7,16H,8-13H2,(H3,27,28). The summed E-state index contributed by atoms with van der Waals surface area (Å²) in [6.07, 6.45) is -3.31. The number of likely N-dealkylation sites (tertiary alicyclic amines) is 1. The zero-order valence-electron chi connectivity index (χ0n) is 17.3. The number of carbonyl (C=O) groups excluding carboxylic acids is 2. The summed E-state index contributed by atoms with van der Waals surface area (Å²) in [5.74, 6) is -0.560. The van der Waals surface area contributed by atoms with Crippen molar-refractivity contribution < 1.29 is 22.8 Å². The number of fused-ring (bicyclic) bond motifs is 1. The van der Waals surface area contributed by atoms with Crippen LogP contribution in [0.15, 0.2) is 42.5 Å². The molecule has 2 heterocycles. The first-order chi connectivity index (χ1) is 15.1. The summed E-state index contributed by atoms with van der Waals surface area (Å²) in [5, 5.41) is 7.53. The normalized spacial score (nSPS) is 18.4. The molecule has 1 atom stereocenters. The molecule has 168 valence electrons. The number of nitrogens with one attached hydrogen (secondary N) is 1. The van der Waals surface area contributed by atoms with Gasteiger partial charge in [0.1, 0.15) is 0 Å². The van der Waals surface area contributed by atoms with E-state index in [0.29, 0.717) is 44.6 Å². The average molecular weight is 444 g/mol. The SMILES string of the molecule is N=C(N)N1CCC(C(=O)N2CCc3c(cccc3C(=O)c3ccc(C(F)(F)F)cc3)C2)C1. The molecule has 2 aliphatic heterocycles. The van der Waals surface area contributed by atoms with Gasteiger partial charge in [0.25, 0.3) is 0 Å². The highest BCUT2D eigenvalue weighted by Gasteiger charge is 2.34. The molecule has 0 radical (unpaired) electrons. The Morgan fingerprint density at radius 2 is 1.75 bits per heavy atom. The Kier molecular flexibility index (Phi) is 5.66. The van der Waals surface area contributed by atoms with Crippen molar-refractivity contribution in [1.82, 2.24) is 9.80 Å². The van der Waals surface area contributed by atoms with Crippen LogP contribution in [-0.4, -0.2) is 47.1 Å². The number of halogens is 3. The minimum absolute atomic E-state index is 0.0128. The van der Waals surface area contributed by atoms with Gasteiger partial charge in [-0.15, -0.1) is 0 Å². The molecule has 1 unspecified atom stereocenters. The number of benzene rings is 2. The molecule has 4 rings (SSSR count). The quantitative estimate of drug-likeness (QED) is 0.433. The Bertz CT molecular complexity index is 1070. The number of ketones is 1. The summed E-state index contributed by atoms with van der Waals surface area (Å²) in [4.78, 5) is 29.4. The molecule has 0 aliphatic carbocycles. The molecule has 32 heavy (non-hydrogen) atoms. The summed E-state index contributed by atoms with van der Waals surface area (Å²) in [6.45, 7) is 1.85. The fourth-order valence-electron chi connectivity index (χ4n) is 4.42. The minimum Gasteiger partial charge on any atom is -0.370 e. The van der Waals surface area contributed by atoms with Crippen molar-refractivity contribution in [1.29, 1.82) is 5.41 Å². The van der Waals surface area contributed by atoms with Crippen molar-refractivity contribution in [3.8, 4) is 0 Å². The molecule has 9 heteroatoms. The third kappa shape index (κ3) is 4.19. The third-order valence-corrected chi connectivity index (χ3v) is 6.17. The smallest absolute Gasteiger partial charge is 0.370 e. The Hall–Kier alpha value is -3.36. The number of hydrogen-bond donors (Lipinski definition) is 2. The number of rotatable bonds is 3. The Morgan fingerprint density at radius 1 is 1.03 bits per heavy atom. The molecule has 1 fully saturated rings. The van der Waals surface area contributed by atoms with Gasteiger partial charge in [-0.3, -0.25) is 15.0 Å². The van der Waals surface area contributed by atoms with E-state index in [4.69, 9.17) is 11.1 Å². The first kappa shape index (κ1) is 21.9. The fourth-order valence-corrected chi connectivity index (χ4v) is 4.42. The van der Waals surface area contributed by atoms with E-state index in [-0.39, 0.29) is 29.1 Å². The maximum atomic E-state index is 13.0. The van der Waals surface area contributed by atoms with Crippen LogP contribution in [0.3, 0.4) is 0 Å². The molecule has 0 spiro atoms. The van der Waals surface area contributed by atoms with E-state index in [0.717, 1.165) is 23.3 Å². The first-order valence-electron chi connectivity index (χ1n) is 10.4. The minimum atomic E-state index is -4.45. The Morgan fingerprint density at radius 3 is 2.38 bits per heavy atom. The van der Waals surface area contributed by atoms with Crippen LogP contribution in [-0.2, 0) is 23.9 Å². The third-order valence-electron chi connectivity index (χ3n) is 6.17. The van der Waals surface area contributed by atoms with Crippen LogP contribution >= 0.6 is 0 Å². The number of nitrogens with zero attached hydrogens (tertiary/aromatic N) is 2. The zero-order valence-corrected chi connectivity index (χ0v) is 17.3. The largest absolute Gasteiger partial charge is 0.416 e. The Labute approximate surface area is 183 Å². The second kappa shape index (κ2) is 8.29. The zero-order chi connectivity index (χ0) is 23.0. The van der Waals surface area contributed by atoms with E-state index >= 15 is 0 Å². The van der Waals surface area contributed by atoms with Gasteiger partial charge in [-0.25, -0.2) is 0 Å². The molecule has 3 N–H and O–H groups in total. The number of guanidine groups is 1. The number of carbonyl (C=O) groups is 2. The van der Waals surface area contributed by atoms with Gasteiger partial charge in [0.15, 0.2) is 11.7 Å². The molecule has 0 bridgehead atoms. The summed E-state index contributed by atoms with van der Waals surface area (Å²) in [7, 11) is 0. The van der Waals surface area contributed by atoms with E-state index in [2.05, 4.69) is 0 Å². The maximum Gasteiger partial charge on any atom is 0.416 e. The molecule has 1 amide bonds. The highest BCUT2D eigenvalue weighted by molar-refractivity contribution is 6.10. The number of nitrogens with two attached hydrogens (primary N) is 1. The molecule has 2 aromatic carbocycles. The van der Waals surface area contributed by atoms with Crippen molar-refractivity contribution in [2.45, 2.75) is 25.6 Å². The van der Waals surface area contributed by atoms with E-state index in [1.165, 1.54) is 12.1 Å². The van der Waals surface area contributed by atoms with Crippen molar-refractivity contribution in [3.05, 3.63) is 70.3 Å². The van der Waals surface area contributed by atoms with Gasteiger partial charge in [-0.05, 0) is 36.1 Å². The molecule has 1 saturated heterocycles. The number of hydrogen-bond acceptors (Lipinski definition) is 3. The lowest BCUT2D eigenvalue weighted by molar-refractivity contribution is -0.137. The van der Waals surface area contributed by atoms with Gasteiger partial charge in [-0.1, -0.05) is 30.3 Å². The lowest BCUT2D eigenvalue weighted by Crippen LogP contribution is -2.42. The molecule has 0 saturated carbocycles. The number of alkyl halides is 3. The predicted molar refractivity (Wildman–Crippen MR) is 112 cm³/mol. The summed E-state index contributed by atoms with van der Waals surface area (Å²) in [5.41, 5.74) is 7.07. The highest BCUT2D eigenvalue weighted by Crippen LogP contribution is 2.31. The summed E-state index contributed by atoms with van der Waals surface area (Å²) in [6, 6.07) is 9.50. The molecule has 2 aliphatic rings. The molecular formula is C23H23F3N4O2. The molecular weight excluding hydrogens is 421 g/mol. The van der Waals surface area contributed by atoms with Crippen LogP contribution < -0.4 is 5.73 Å². The maximum absolute atomic E-state index is 13.0. The van der Waals surface area contributed by atoms with Crippen molar-refractivity contribution in [2.24, 2.45) is 11.7 Å². The second-order valence-corrected chi connectivity index (χ2v) is 8.17. The average Bonchev–Trinajstić information content (AvgIpc) is 3.27. The van der Waals surface area contributed by atoms with Gasteiger partial charge in [0, 0.05) is 37.3 Å². The highest BCUT2D eigenvalue weighted by atomic mass is 19.4. The van der Waals surface area contributed by atoms with E-state index in [1.54, 1.807) is 21.9 Å². The predicted octanol–water partition coefficient (Wildman–Crippen LogP) is 3.04. The van der Waals surface area contributed by atoms with Crippen LogP contribution in [0.4, 0.5) is 13.2 Å². The van der Waals surface area contributed by atoms with Crippen LogP contribution in [0, 0.1) is 11.3 Å². The molecule has 6 nitrogen and oxygen atoms in total. The summed E-state index contributed by atoms with van der Waals surface area (Å²) < 4.78 is 38.4. The van der Waals surface area contributed by atoms with Gasteiger partial charge in [0.2, 0.25) is 5.91 Å². The lowest BCUT2D eigenvalue weighted by atomic mass is 9.89. The monoisotopic (exact) mass is 444 g/mol. The first-order valence-corrected chi connectivity index (χ1v) is 10.4. The lowest BCUT2D eigenvalue weighted by Gasteiger charge is -2.32. The van der Waals surface area contributed by atoms with E-state index in [1.807, 2.05) is 6.07 Å². The fraction of sp³-hybridized carbons (Fsp3) is 0.348. The van der Waals surface area contributed by atoms with Crippen LogP contribution in [0.25, 0.3) is 0 Å². The van der Waals surface area contributed by atoms with E-state index in [9.17, 15) is 22.8 Å². The van der Waals surface area contributed by atoms with Gasteiger partial charge < -0.3 is 15.5 Å². The second-order valence-electron chi connectivity index (χ2n) is 8.17. The topological polar surface area (TPSA) is 90.5 Å². The Balaban J connectivity index is 1.51. The van der Waals surface area contributed by atoms with Crippen LogP contribution in [0.2, 0.25) is 0 Å². The molecule has 0 aromatic heterocycles. The van der Waals surface area contributed by atoms with Crippen molar-refractivity contribution in [3.63, 3.8) is 0 Å². The van der Waals surface area contributed by atoms with Crippen molar-refractivity contribution in [2.75, 3.05) is 19.6 Å². The summed E-state index contributed by atoms with van der Waals surface area (Å²) >= 11 is 0. The van der Waals surface area contributed by atoms with Gasteiger partial charge >= 0.3 is 6.18 Å². The van der Waals surface area contributed by atoms with Crippen molar-refractivity contribution >= 4 is 17.6 Å². The van der Waals surface area contributed by atoms with Gasteiger partial charge in [-0.2, -0.15) is 13.2 Å². The van der Waals surface area contributed by atoms with Gasteiger partial charge in [0.05, 0.1) is 11.5 Å². The molecule has 2 aromatic rings. The van der Waals surface area contributed by atoms with Crippen LogP contribution in [0.1, 0.15) is 39.0 Å².